The zero-order valence-corrected chi connectivity index (χ0v) is 12.2. The van der Waals surface area contributed by atoms with Crippen molar-refractivity contribution in [2.24, 2.45) is 5.73 Å². The summed E-state index contributed by atoms with van der Waals surface area (Å²) in [6.45, 7) is 2.11. The first-order valence-corrected chi connectivity index (χ1v) is 7.01. The maximum atomic E-state index is 6.28. The van der Waals surface area contributed by atoms with Gasteiger partial charge in [0.05, 0.1) is 0 Å². The third-order valence-electron chi connectivity index (χ3n) is 3.22. The van der Waals surface area contributed by atoms with Gasteiger partial charge in [-0.1, -0.05) is 52.3 Å². The van der Waals surface area contributed by atoms with E-state index in [0.717, 1.165) is 17.3 Å². The summed E-state index contributed by atoms with van der Waals surface area (Å²) in [6.07, 6.45) is 2.00. The van der Waals surface area contributed by atoms with Crippen LogP contribution in [-0.4, -0.2) is 0 Å². The van der Waals surface area contributed by atoms with Gasteiger partial charge in [0.15, 0.2) is 0 Å². The molecule has 0 aliphatic heterocycles. The predicted octanol–water partition coefficient (Wildman–Crippen LogP) is 4.39. The molecule has 0 spiro atoms. The molecule has 0 saturated carbocycles. The minimum atomic E-state index is 0.110. The summed E-state index contributed by atoms with van der Waals surface area (Å²) < 4.78 is 1.11. The Morgan fingerprint density at radius 3 is 2.50 bits per heavy atom. The van der Waals surface area contributed by atoms with Crippen molar-refractivity contribution in [1.82, 2.24) is 0 Å². The highest BCUT2D eigenvalue weighted by atomic mass is 79.9. The summed E-state index contributed by atoms with van der Waals surface area (Å²) in [7, 11) is 0. The van der Waals surface area contributed by atoms with Crippen LogP contribution in [0.1, 0.15) is 29.2 Å². The van der Waals surface area contributed by atoms with Crippen LogP contribution in [-0.2, 0) is 6.42 Å². The Hall–Kier alpha value is -1.12. The first-order chi connectivity index (χ1) is 8.66. The van der Waals surface area contributed by atoms with Crippen LogP contribution in [0.25, 0.3) is 0 Å². The molecule has 0 aliphatic carbocycles. The molecule has 0 aliphatic rings. The van der Waals surface area contributed by atoms with Gasteiger partial charge in [-0.3, -0.25) is 0 Å². The van der Waals surface area contributed by atoms with E-state index in [1.165, 1.54) is 16.7 Å². The first kappa shape index (κ1) is 13.3. The van der Waals surface area contributed by atoms with Crippen LogP contribution >= 0.6 is 15.9 Å². The summed E-state index contributed by atoms with van der Waals surface area (Å²) in [5.41, 5.74) is 10.1. The fraction of sp³-hybridized carbons (Fsp3) is 0.250. The normalized spacial score (nSPS) is 12.4. The van der Waals surface area contributed by atoms with E-state index in [4.69, 9.17) is 5.73 Å². The number of hydrogen-bond donors (Lipinski definition) is 1. The van der Waals surface area contributed by atoms with Crippen molar-refractivity contribution in [3.63, 3.8) is 0 Å². The topological polar surface area (TPSA) is 26.0 Å². The number of benzene rings is 2. The molecule has 0 fully saturated rings. The van der Waals surface area contributed by atoms with Crippen molar-refractivity contribution in [3.8, 4) is 0 Å². The average molecular weight is 304 g/mol. The van der Waals surface area contributed by atoms with Crippen LogP contribution < -0.4 is 5.73 Å². The lowest BCUT2D eigenvalue weighted by Crippen LogP contribution is -2.12. The highest BCUT2D eigenvalue weighted by molar-refractivity contribution is 9.10. The average Bonchev–Trinajstić information content (AvgIpc) is 2.37. The van der Waals surface area contributed by atoms with Crippen LogP contribution in [0.3, 0.4) is 0 Å². The maximum Gasteiger partial charge on any atom is 0.0300 e. The van der Waals surface area contributed by atoms with E-state index in [-0.39, 0.29) is 6.04 Å². The van der Waals surface area contributed by atoms with Gasteiger partial charge in [0.2, 0.25) is 0 Å². The molecule has 0 heterocycles. The van der Waals surface area contributed by atoms with Gasteiger partial charge in [-0.25, -0.2) is 0 Å². The minimum absolute atomic E-state index is 0.110. The molecule has 1 atom stereocenters. The number of hydrogen-bond acceptors (Lipinski definition) is 1. The molecule has 0 aromatic heterocycles. The van der Waals surface area contributed by atoms with Gasteiger partial charge >= 0.3 is 0 Å². The zero-order chi connectivity index (χ0) is 13.0. The molecule has 2 heteroatoms. The van der Waals surface area contributed by atoms with Crippen molar-refractivity contribution >= 4 is 15.9 Å². The summed E-state index contributed by atoms with van der Waals surface area (Å²) in [5, 5.41) is 0. The molecule has 1 unspecified atom stereocenters. The Labute approximate surface area is 117 Å². The van der Waals surface area contributed by atoms with E-state index in [2.05, 4.69) is 65.3 Å². The van der Waals surface area contributed by atoms with E-state index in [1.807, 2.05) is 6.07 Å². The molecule has 0 radical (unpaired) electrons. The Morgan fingerprint density at radius 1 is 1.11 bits per heavy atom. The molecule has 2 aromatic rings. The SMILES string of the molecule is Cc1cc(Br)ccc1C(N)CCc1ccccc1. The van der Waals surface area contributed by atoms with E-state index in [9.17, 15) is 0 Å². The molecule has 2 rings (SSSR count). The van der Waals surface area contributed by atoms with Gasteiger partial charge in [0, 0.05) is 10.5 Å². The summed E-state index contributed by atoms with van der Waals surface area (Å²) in [5.74, 6) is 0. The van der Waals surface area contributed by atoms with Gasteiger partial charge in [0.1, 0.15) is 0 Å². The fourth-order valence-corrected chi connectivity index (χ4v) is 2.65. The summed E-state index contributed by atoms with van der Waals surface area (Å²) in [6, 6.07) is 16.9. The summed E-state index contributed by atoms with van der Waals surface area (Å²) >= 11 is 3.48. The van der Waals surface area contributed by atoms with Crippen molar-refractivity contribution in [1.29, 1.82) is 0 Å². The second kappa shape index (κ2) is 6.17. The van der Waals surface area contributed by atoms with Gasteiger partial charge < -0.3 is 5.73 Å². The monoisotopic (exact) mass is 303 g/mol. The minimum Gasteiger partial charge on any atom is -0.324 e. The Morgan fingerprint density at radius 2 is 1.83 bits per heavy atom. The Kier molecular flexibility index (Phi) is 4.56. The first-order valence-electron chi connectivity index (χ1n) is 6.22. The molecule has 2 aromatic carbocycles. The number of nitrogens with two attached hydrogens (primary N) is 1. The zero-order valence-electron chi connectivity index (χ0n) is 10.6. The van der Waals surface area contributed by atoms with E-state index in [1.54, 1.807) is 0 Å². The third kappa shape index (κ3) is 3.44. The molecular formula is C16H18BrN. The maximum absolute atomic E-state index is 6.28. The highest BCUT2D eigenvalue weighted by Crippen LogP contribution is 2.23. The molecule has 2 N–H and O–H groups in total. The van der Waals surface area contributed by atoms with Gasteiger partial charge in [-0.05, 0) is 48.6 Å². The van der Waals surface area contributed by atoms with Gasteiger partial charge in [0.25, 0.3) is 0 Å². The third-order valence-corrected chi connectivity index (χ3v) is 3.71. The smallest absolute Gasteiger partial charge is 0.0300 e. The van der Waals surface area contributed by atoms with Crippen LogP contribution in [0.5, 0.6) is 0 Å². The van der Waals surface area contributed by atoms with Crippen LogP contribution in [0.2, 0.25) is 0 Å². The Bertz CT molecular complexity index is 508. The lowest BCUT2D eigenvalue weighted by molar-refractivity contribution is 0.648. The van der Waals surface area contributed by atoms with E-state index in [0.29, 0.717) is 0 Å². The van der Waals surface area contributed by atoms with Crippen molar-refractivity contribution in [2.45, 2.75) is 25.8 Å². The van der Waals surface area contributed by atoms with Crippen LogP contribution in [0, 0.1) is 6.92 Å². The standard InChI is InChI=1S/C16H18BrN/c1-12-11-14(17)8-9-15(12)16(18)10-7-13-5-3-2-4-6-13/h2-6,8-9,11,16H,7,10,18H2,1H3. The van der Waals surface area contributed by atoms with Crippen molar-refractivity contribution in [3.05, 3.63) is 69.7 Å². The second-order valence-corrected chi connectivity index (χ2v) is 5.55. The lowest BCUT2D eigenvalue weighted by Gasteiger charge is -2.15. The predicted molar refractivity (Wildman–Crippen MR) is 80.6 cm³/mol. The fourth-order valence-electron chi connectivity index (χ4n) is 2.18. The summed E-state index contributed by atoms with van der Waals surface area (Å²) in [4.78, 5) is 0. The Balaban J connectivity index is 2.01. The highest BCUT2D eigenvalue weighted by Gasteiger charge is 2.09. The van der Waals surface area contributed by atoms with Crippen LogP contribution in [0.15, 0.2) is 53.0 Å². The molecule has 0 bridgehead atoms. The second-order valence-electron chi connectivity index (χ2n) is 4.63. The van der Waals surface area contributed by atoms with Gasteiger partial charge in [-0.15, -0.1) is 0 Å². The lowest BCUT2D eigenvalue weighted by atomic mass is 9.96. The van der Waals surface area contributed by atoms with E-state index >= 15 is 0 Å². The van der Waals surface area contributed by atoms with Crippen LogP contribution in [0.4, 0.5) is 0 Å². The largest absolute Gasteiger partial charge is 0.324 e. The number of halogens is 1. The number of rotatable bonds is 4. The van der Waals surface area contributed by atoms with Crippen molar-refractivity contribution < 1.29 is 0 Å². The number of aryl methyl sites for hydroxylation is 2. The van der Waals surface area contributed by atoms with Crippen molar-refractivity contribution in [2.75, 3.05) is 0 Å². The molecule has 1 nitrogen and oxygen atoms in total. The quantitative estimate of drug-likeness (QED) is 0.890. The molecule has 18 heavy (non-hydrogen) atoms. The molecule has 0 saturated heterocycles. The molecular weight excluding hydrogens is 286 g/mol. The van der Waals surface area contributed by atoms with Gasteiger partial charge in [-0.2, -0.15) is 0 Å². The molecule has 0 amide bonds. The molecule has 94 valence electrons. The van der Waals surface area contributed by atoms with E-state index < -0.39 is 0 Å².